The van der Waals surface area contributed by atoms with Gasteiger partial charge in [0.25, 0.3) is 0 Å². The van der Waals surface area contributed by atoms with Crippen molar-refractivity contribution in [2.45, 2.75) is 55.9 Å². The highest BCUT2D eigenvalue weighted by atomic mass is 32.2. The number of piperidine rings is 1. The van der Waals surface area contributed by atoms with Crippen LogP contribution in [0.25, 0.3) is 21.8 Å². The van der Waals surface area contributed by atoms with Crippen LogP contribution in [0, 0.1) is 5.92 Å². The largest absolute Gasteiger partial charge is 0.382 e. The van der Waals surface area contributed by atoms with Gasteiger partial charge < -0.3 is 14.5 Å². The third kappa shape index (κ3) is 4.82. The number of nitrogens with one attached hydrogen (secondary N) is 1. The van der Waals surface area contributed by atoms with Crippen molar-refractivity contribution >= 4 is 32.5 Å². The molecule has 1 saturated carbocycles. The Balaban J connectivity index is 1.30. The van der Waals surface area contributed by atoms with E-state index in [1.54, 1.807) is 13.3 Å². The number of fused-ring (bicyclic) bond motifs is 3. The van der Waals surface area contributed by atoms with E-state index < -0.39 is 16.1 Å². The Morgan fingerprint density at radius 2 is 2.03 bits per heavy atom. The molecule has 0 bridgehead atoms. The summed E-state index contributed by atoms with van der Waals surface area (Å²) in [5, 5.41) is 11.5. The maximum atomic E-state index is 12.4. The van der Waals surface area contributed by atoms with E-state index in [0.29, 0.717) is 19.8 Å². The molecule has 5 rings (SSSR count). The average Bonchev–Trinajstić information content (AvgIpc) is 3.34. The van der Waals surface area contributed by atoms with Crippen LogP contribution in [0.3, 0.4) is 0 Å². The lowest BCUT2D eigenvalue weighted by atomic mass is 9.79. The van der Waals surface area contributed by atoms with E-state index in [1.807, 2.05) is 18.5 Å². The Morgan fingerprint density at radius 3 is 2.82 bits per heavy atom. The monoisotopic (exact) mass is 487 g/mol. The predicted molar refractivity (Wildman–Crippen MR) is 130 cm³/mol. The third-order valence-corrected chi connectivity index (χ3v) is 8.64. The van der Waals surface area contributed by atoms with Crippen molar-refractivity contribution < 1.29 is 17.9 Å². The average molecular weight is 488 g/mol. The van der Waals surface area contributed by atoms with E-state index in [2.05, 4.69) is 25.1 Å². The predicted octanol–water partition coefficient (Wildman–Crippen LogP) is 2.84. The van der Waals surface area contributed by atoms with E-state index in [-0.39, 0.29) is 17.9 Å². The lowest BCUT2D eigenvalue weighted by Gasteiger charge is -2.41. The molecule has 34 heavy (non-hydrogen) atoms. The maximum absolute atomic E-state index is 12.4. The van der Waals surface area contributed by atoms with Gasteiger partial charge in [-0.3, -0.25) is 4.90 Å². The zero-order valence-corrected chi connectivity index (χ0v) is 20.5. The third-order valence-electron chi connectivity index (χ3n) is 7.46. The Bertz CT molecular complexity index is 1180. The van der Waals surface area contributed by atoms with Gasteiger partial charge in [-0.25, -0.2) is 13.4 Å². The minimum atomic E-state index is -2.55. The number of hydrogen-bond acceptors (Lipinski definition) is 8. The summed E-state index contributed by atoms with van der Waals surface area (Å²) >= 11 is 0. The molecule has 1 aliphatic heterocycles. The van der Waals surface area contributed by atoms with Crippen molar-refractivity contribution in [3.63, 3.8) is 0 Å². The van der Waals surface area contributed by atoms with Gasteiger partial charge in [-0.2, -0.15) is 10.2 Å². The molecule has 0 aromatic carbocycles. The lowest BCUT2D eigenvalue weighted by Crippen LogP contribution is -2.49. The molecule has 2 fully saturated rings. The molecule has 1 aliphatic carbocycles. The second-order valence-electron chi connectivity index (χ2n) is 9.49. The molecule has 0 spiro atoms. The Labute approximate surface area is 201 Å². The second kappa shape index (κ2) is 10.6. The highest BCUT2D eigenvalue weighted by Gasteiger charge is 2.37. The Kier molecular flexibility index (Phi) is 7.38. The number of methoxy groups -OCH3 is 1. The van der Waals surface area contributed by atoms with Gasteiger partial charge in [-0.15, -0.1) is 0 Å². The summed E-state index contributed by atoms with van der Waals surface area (Å²) in [6, 6.07) is 2.04. The number of pyridine rings is 1. The van der Waals surface area contributed by atoms with E-state index in [9.17, 15) is 8.42 Å². The first-order valence-electron chi connectivity index (χ1n) is 12.2. The number of nitrogens with zero attached hydrogens (tertiary/aromatic N) is 4. The topological polar surface area (TPSA) is 110 Å². The number of ether oxygens (including phenoxy) is 2. The SMILES string of the molecule is COCCOC1CCCN(C(C2CCC(c3nncc4cnc5[nH]ccc5c34)CC2)[SH](=O)=O)C1. The van der Waals surface area contributed by atoms with Crippen molar-refractivity contribution in [3.05, 3.63) is 30.4 Å². The summed E-state index contributed by atoms with van der Waals surface area (Å²) in [6.45, 7) is 2.59. The van der Waals surface area contributed by atoms with Crippen LogP contribution < -0.4 is 0 Å². The molecule has 2 atom stereocenters. The standard InChI is InChI=1S/C24H33N5O4S/c1-32-11-12-33-19-3-2-10-29(15-19)24(34(30)31)17-6-4-16(5-7-17)22-21-18(14-27-28-22)13-26-23-20(21)8-9-25-23/h8-9,13-14,16-17,19,24,34H,2-7,10-12,15H2,1H3,(H,25,26). The molecule has 1 N–H and O–H groups in total. The molecule has 184 valence electrons. The van der Waals surface area contributed by atoms with Crippen molar-refractivity contribution in [3.8, 4) is 0 Å². The zero-order chi connectivity index (χ0) is 23.5. The minimum Gasteiger partial charge on any atom is -0.382 e. The Hall–Kier alpha value is -2.14. The summed E-state index contributed by atoms with van der Waals surface area (Å²) in [5.41, 5.74) is 1.86. The van der Waals surface area contributed by atoms with Crippen LogP contribution in [0.15, 0.2) is 24.7 Å². The van der Waals surface area contributed by atoms with Gasteiger partial charge in [0.15, 0.2) is 10.7 Å². The fourth-order valence-corrected chi connectivity index (χ4v) is 6.95. The van der Waals surface area contributed by atoms with Crippen LogP contribution in [-0.4, -0.2) is 78.4 Å². The smallest absolute Gasteiger partial charge is 0.156 e. The van der Waals surface area contributed by atoms with E-state index in [0.717, 1.165) is 72.6 Å². The molecule has 1 saturated heterocycles. The van der Waals surface area contributed by atoms with Gasteiger partial charge in [0.05, 0.1) is 31.2 Å². The minimum absolute atomic E-state index is 0.0704. The van der Waals surface area contributed by atoms with Crippen LogP contribution in [0.4, 0.5) is 0 Å². The lowest BCUT2D eigenvalue weighted by molar-refractivity contribution is -0.0286. The van der Waals surface area contributed by atoms with Crippen molar-refractivity contribution in [2.75, 3.05) is 33.4 Å². The van der Waals surface area contributed by atoms with Crippen LogP contribution in [-0.2, 0) is 20.2 Å². The maximum Gasteiger partial charge on any atom is 0.156 e. The number of aromatic nitrogens is 4. The number of H-pyrrole nitrogens is 1. The Morgan fingerprint density at radius 1 is 1.18 bits per heavy atom. The zero-order valence-electron chi connectivity index (χ0n) is 19.6. The molecular formula is C24H33N5O4S. The fraction of sp³-hybridized carbons (Fsp3) is 0.625. The number of aromatic amines is 1. The first-order valence-corrected chi connectivity index (χ1v) is 13.5. The summed E-state index contributed by atoms with van der Waals surface area (Å²) < 4.78 is 35.8. The van der Waals surface area contributed by atoms with Crippen molar-refractivity contribution in [2.24, 2.45) is 5.92 Å². The molecule has 2 unspecified atom stereocenters. The fourth-order valence-electron chi connectivity index (χ4n) is 5.83. The summed E-state index contributed by atoms with van der Waals surface area (Å²) in [5.74, 6) is 0.400. The normalized spacial score (nSPS) is 25.3. The van der Waals surface area contributed by atoms with Gasteiger partial charge in [0.1, 0.15) is 11.0 Å². The highest BCUT2D eigenvalue weighted by Crippen LogP contribution is 2.41. The van der Waals surface area contributed by atoms with Gasteiger partial charge in [0.2, 0.25) is 0 Å². The van der Waals surface area contributed by atoms with Gasteiger partial charge in [0, 0.05) is 48.1 Å². The van der Waals surface area contributed by atoms with E-state index in [4.69, 9.17) is 9.47 Å². The number of rotatable bonds is 8. The molecule has 2 aliphatic rings. The first kappa shape index (κ1) is 23.6. The molecule has 4 heterocycles. The number of likely N-dealkylation sites (tertiary alicyclic amines) is 1. The summed E-state index contributed by atoms with van der Waals surface area (Å²) in [6.07, 6.45) is 11.1. The van der Waals surface area contributed by atoms with Gasteiger partial charge in [-0.1, -0.05) is 0 Å². The molecular weight excluding hydrogens is 454 g/mol. The number of hydrogen-bond donors (Lipinski definition) is 2. The molecule has 3 aromatic rings. The van der Waals surface area contributed by atoms with Crippen LogP contribution in [0.2, 0.25) is 0 Å². The molecule has 0 radical (unpaired) electrons. The second-order valence-corrected chi connectivity index (χ2v) is 10.6. The summed E-state index contributed by atoms with van der Waals surface area (Å²) in [7, 11) is -0.894. The van der Waals surface area contributed by atoms with E-state index >= 15 is 0 Å². The first-order chi connectivity index (χ1) is 16.7. The molecule has 3 aromatic heterocycles. The quantitative estimate of drug-likeness (QED) is 0.369. The molecule has 10 heteroatoms. The number of thiol groups is 1. The van der Waals surface area contributed by atoms with Gasteiger partial charge >= 0.3 is 0 Å². The van der Waals surface area contributed by atoms with Crippen molar-refractivity contribution in [1.29, 1.82) is 0 Å². The van der Waals surface area contributed by atoms with Crippen molar-refractivity contribution in [1.82, 2.24) is 25.1 Å². The molecule has 9 nitrogen and oxygen atoms in total. The van der Waals surface area contributed by atoms with Gasteiger partial charge in [-0.05, 0) is 57.1 Å². The van der Waals surface area contributed by atoms with Crippen LogP contribution in [0.1, 0.15) is 50.1 Å². The van der Waals surface area contributed by atoms with E-state index in [1.165, 1.54) is 0 Å². The molecule has 0 amide bonds. The van der Waals surface area contributed by atoms with Crippen LogP contribution in [0.5, 0.6) is 0 Å². The summed E-state index contributed by atoms with van der Waals surface area (Å²) in [4.78, 5) is 9.80. The van der Waals surface area contributed by atoms with Crippen LogP contribution >= 0.6 is 0 Å². The highest BCUT2D eigenvalue weighted by molar-refractivity contribution is 7.73.